The topological polar surface area (TPSA) is 67.4 Å². The summed E-state index contributed by atoms with van der Waals surface area (Å²) in [6.45, 7) is 1.35. The summed E-state index contributed by atoms with van der Waals surface area (Å²) < 4.78 is 56.6. The zero-order valence-electron chi connectivity index (χ0n) is 14.1. The molecule has 0 unspecified atom stereocenters. The average molecular weight is 384 g/mol. The average Bonchev–Trinajstić information content (AvgIpc) is 2.61. The molecule has 0 aromatic heterocycles. The number of hydrazine groups is 1. The van der Waals surface area contributed by atoms with E-state index in [-0.39, 0.29) is 17.7 Å². The Bertz CT molecular complexity index is 824. The summed E-state index contributed by atoms with van der Waals surface area (Å²) in [5, 5.41) is 0. The molecule has 5 nitrogen and oxygen atoms in total. The third-order valence-electron chi connectivity index (χ3n) is 3.45. The maximum absolute atomic E-state index is 13.5. The van der Waals surface area contributed by atoms with Crippen LogP contribution in [-0.4, -0.2) is 17.9 Å². The maximum atomic E-state index is 13.5. The van der Waals surface area contributed by atoms with Crippen LogP contribution in [0.4, 0.5) is 17.6 Å². The van der Waals surface area contributed by atoms with Gasteiger partial charge in [-0.05, 0) is 30.7 Å². The summed E-state index contributed by atoms with van der Waals surface area (Å²) in [4.78, 5) is 23.7. The molecule has 0 aliphatic carbocycles. The van der Waals surface area contributed by atoms with E-state index in [4.69, 9.17) is 4.74 Å². The molecule has 2 aromatic rings. The molecular formula is C18H16F4N2O3. The van der Waals surface area contributed by atoms with Crippen LogP contribution in [0.25, 0.3) is 0 Å². The number of halogens is 4. The number of alkyl halides is 3. The highest BCUT2D eigenvalue weighted by atomic mass is 19.4. The van der Waals surface area contributed by atoms with Gasteiger partial charge in [-0.2, -0.15) is 13.2 Å². The van der Waals surface area contributed by atoms with Crippen molar-refractivity contribution in [2.45, 2.75) is 25.6 Å². The standard InChI is InChI=1S/C18H16F4N2O3/c1-11(27-15-8-3-2-7-14(15)19)17(26)24-23-16(25)10-12-5-4-6-13(9-12)18(20,21)22/h2-9,11H,10H2,1H3,(H,23,25)(H,24,26)/t11-/m1/s1. The Morgan fingerprint density at radius 2 is 1.78 bits per heavy atom. The predicted molar refractivity (Wildman–Crippen MR) is 87.9 cm³/mol. The minimum Gasteiger partial charge on any atom is -0.478 e. The molecule has 0 saturated carbocycles. The maximum Gasteiger partial charge on any atom is 0.416 e. The minimum absolute atomic E-state index is 0.129. The monoisotopic (exact) mass is 384 g/mol. The molecule has 0 saturated heterocycles. The van der Waals surface area contributed by atoms with Crippen LogP contribution in [0.3, 0.4) is 0 Å². The van der Waals surface area contributed by atoms with Gasteiger partial charge in [-0.15, -0.1) is 0 Å². The largest absolute Gasteiger partial charge is 0.478 e. The smallest absolute Gasteiger partial charge is 0.416 e. The minimum atomic E-state index is -4.51. The second kappa shape index (κ2) is 8.52. The van der Waals surface area contributed by atoms with Gasteiger partial charge in [-0.1, -0.05) is 30.3 Å². The van der Waals surface area contributed by atoms with Gasteiger partial charge in [0.25, 0.3) is 5.91 Å². The van der Waals surface area contributed by atoms with Gasteiger partial charge < -0.3 is 4.74 Å². The zero-order chi connectivity index (χ0) is 20.0. The quantitative estimate of drug-likeness (QED) is 0.615. The van der Waals surface area contributed by atoms with Crippen molar-refractivity contribution in [3.63, 3.8) is 0 Å². The lowest BCUT2D eigenvalue weighted by Crippen LogP contribution is -2.47. The Balaban J connectivity index is 1.86. The van der Waals surface area contributed by atoms with Gasteiger partial charge in [0, 0.05) is 0 Å². The van der Waals surface area contributed by atoms with Crippen LogP contribution < -0.4 is 15.6 Å². The van der Waals surface area contributed by atoms with Crippen LogP contribution in [0, 0.1) is 5.82 Å². The van der Waals surface area contributed by atoms with Gasteiger partial charge in [-0.3, -0.25) is 20.4 Å². The summed E-state index contributed by atoms with van der Waals surface area (Å²) in [6, 6.07) is 9.79. The first-order valence-electron chi connectivity index (χ1n) is 7.83. The molecule has 0 spiro atoms. The van der Waals surface area contributed by atoms with E-state index in [9.17, 15) is 27.2 Å². The van der Waals surface area contributed by atoms with Crippen molar-refractivity contribution in [1.29, 1.82) is 0 Å². The third-order valence-corrected chi connectivity index (χ3v) is 3.45. The first kappa shape index (κ1) is 20.2. The predicted octanol–water partition coefficient (Wildman–Crippen LogP) is 3.00. The summed E-state index contributed by atoms with van der Waals surface area (Å²) >= 11 is 0. The number of carbonyl (C=O) groups is 2. The van der Waals surface area contributed by atoms with Crippen molar-refractivity contribution in [2.75, 3.05) is 0 Å². The number of rotatable bonds is 5. The van der Waals surface area contributed by atoms with Crippen LogP contribution in [0.1, 0.15) is 18.1 Å². The molecule has 0 fully saturated rings. The highest BCUT2D eigenvalue weighted by Crippen LogP contribution is 2.29. The summed E-state index contributed by atoms with van der Waals surface area (Å²) in [5.74, 6) is -2.25. The lowest BCUT2D eigenvalue weighted by molar-refractivity contribution is -0.137. The second-order valence-electron chi connectivity index (χ2n) is 5.60. The molecular weight excluding hydrogens is 368 g/mol. The van der Waals surface area contributed by atoms with E-state index in [2.05, 4.69) is 10.9 Å². The van der Waals surface area contributed by atoms with Gasteiger partial charge in [0.15, 0.2) is 17.7 Å². The van der Waals surface area contributed by atoms with E-state index in [0.29, 0.717) is 0 Å². The summed E-state index contributed by atoms with van der Waals surface area (Å²) in [6.07, 6.45) is -6.00. The van der Waals surface area contributed by atoms with Crippen LogP contribution >= 0.6 is 0 Å². The van der Waals surface area contributed by atoms with Crippen molar-refractivity contribution in [1.82, 2.24) is 10.9 Å². The lowest BCUT2D eigenvalue weighted by atomic mass is 10.1. The van der Waals surface area contributed by atoms with Gasteiger partial charge in [-0.25, -0.2) is 4.39 Å². The lowest BCUT2D eigenvalue weighted by Gasteiger charge is -2.15. The highest BCUT2D eigenvalue weighted by molar-refractivity contribution is 5.85. The molecule has 9 heteroatoms. The van der Waals surface area contributed by atoms with Gasteiger partial charge >= 0.3 is 6.18 Å². The normalized spacial score (nSPS) is 12.2. The highest BCUT2D eigenvalue weighted by Gasteiger charge is 2.30. The Kier molecular flexibility index (Phi) is 6.38. The van der Waals surface area contributed by atoms with Crippen LogP contribution in [-0.2, 0) is 22.2 Å². The van der Waals surface area contributed by atoms with Gasteiger partial charge in [0.2, 0.25) is 5.91 Å². The molecule has 0 heterocycles. The van der Waals surface area contributed by atoms with E-state index < -0.39 is 35.5 Å². The van der Waals surface area contributed by atoms with Crippen LogP contribution in [0.15, 0.2) is 48.5 Å². The molecule has 0 aliphatic rings. The molecule has 2 aromatic carbocycles. The number of carbonyl (C=O) groups excluding carboxylic acids is 2. The number of para-hydroxylation sites is 1. The van der Waals surface area contributed by atoms with Crippen molar-refractivity contribution in [3.8, 4) is 5.75 Å². The van der Waals surface area contributed by atoms with Gasteiger partial charge in [0.1, 0.15) is 0 Å². The first-order chi connectivity index (χ1) is 12.7. The first-order valence-corrected chi connectivity index (χ1v) is 7.83. The van der Waals surface area contributed by atoms with E-state index in [1.165, 1.54) is 37.3 Å². The molecule has 0 bridgehead atoms. The summed E-state index contributed by atoms with van der Waals surface area (Å²) in [5.41, 5.74) is 3.42. The number of hydrogen-bond donors (Lipinski definition) is 2. The number of ether oxygens (including phenoxy) is 1. The number of hydrogen-bond acceptors (Lipinski definition) is 3. The molecule has 0 radical (unpaired) electrons. The fourth-order valence-corrected chi connectivity index (χ4v) is 2.10. The van der Waals surface area contributed by atoms with E-state index in [1.807, 2.05) is 0 Å². The molecule has 27 heavy (non-hydrogen) atoms. The van der Waals surface area contributed by atoms with Crippen molar-refractivity contribution in [2.24, 2.45) is 0 Å². The van der Waals surface area contributed by atoms with Crippen molar-refractivity contribution >= 4 is 11.8 Å². The van der Waals surface area contributed by atoms with E-state index in [1.54, 1.807) is 0 Å². The molecule has 2 rings (SSSR count). The molecule has 2 N–H and O–H groups in total. The van der Waals surface area contributed by atoms with E-state index in [0.717, 1.165) is 18.2 Å². The molecule has 144 valence electrons. The van der Waals surface area contributed by atoms with E-state index >= 15 is 0 Å². The summed E-state index contributed by atoms with van der Waals surface area (Å²) in [7, 11) is 0. The Labute approximate surface area is 152 Å². The van der Waals surface area contributed by atoms with Crippen molar-refractivity contribution < 1.29 is 31.9 Å². The fourth-order valence-electron chi connectivity index (χ4n) is 2.10. The zero-order valence-corrected chi connectivity index (χ0v) is 14.1. The molecule has 1 atom stereocenters. The Morgan fingerprint density at radius 1 is 1.07 bits per heavy atom. The SMILES string of the molecule is C[C@@H](Oc1ccccc1F)C(=O)NNC(=O)Cc1cccc(C(F)(F)F)c1. The second-order valence-corrected chi connectivity index (χ2v) is 5.60. The number of nitrogens with one attached hydrogen (secondary N) is 2. The van der Waals surface area contributed by atoms with Crippen LogP contribution in [0.2, 0.25) is 0 Å². The Morgan fingerprint density at radius 3 is 2.44 bits per heavy atom. The molecule has 0 aliphatic heterocycles. The Hall–Kier alpha value is -3.10. The third kappa shape index (κ3) is 5.98. The van der Waals surface area contributed by atoms with Crippen molar-refractivity contribution in [3.05, 3.63) is 65.5 Å². The number of amides is 2. The molecule has 2 amide bonds. The fraction of sp³-hybridized carbons (Fsp3) is 0.222. The van der Waals surface area contributed by atoms with Gasteiger partial charge in [0.05, 0.1) is 12.0 Å². The van der Waals surface area contributed by atoms with Crippen LogP contribution in [0.5, 0.6) is 5.75 Å². The number of benzene rings is 2.